The summed E-state index contributed by atoms with van der Waals surface area (Å²) < 4.78 is 17.4. The quantitative estimate of drug-likeness (QED) is 0.269. The van der Waals surface area contributed by atoms with Crippen LogP contribution in [0.15, 0.2) is 34.3 Å². The van der Waals surface area contributed by atoms with Crippen molar-refractivity contribution in [3.63, 3.8) is 0 Å². The number of rotatable bonds is 11. The first-order valence-electron chi connectivity index (χ1n) is 10.8. The summed E-state index contributed by atoms with van der Waals surface area (Å²) >= 11 is 14.5. The number of alkyl carbamates (subject to hydrolysis) is 2. The molecule has 0 spiro atoms. The highest BCUT2D eigenvalue weighted by Crippen LogP contribution is 2.32. The molecule has 200 valence electrons. The van der Waals surface area contributed by atoms with Crippen molar-refractivity contribution < 1.29 is 33.4 Å². The number of nitriles is 1. The molecule has 5 N–H and O–H groups in total. The number of alkyl halides is 2. The van der Waals surface area contributed by atoms with Crippen molar-refractivity contribution >= 4 is 63.1 Å². The number of carbonyl (C=O) groups excluding carboxylic acids is 4. The summed E-state index contributed by atoms with van der Waals surface area (Å²) in [5.74, 6) is -0.919. The number of ether oxygens (including phenoxy) is 3. The number of carbonyl (C=O) groups is 4. The fourth-order valence-corrected chi connectivity index (χ4v) is 3.82. The largest absolute Gasteiger partial charge is 0.481 e. The molecule has 0 saturated heterocycles. The van der Waals surface area contributed by atoms with E-state index in [0.29, 0.717) is 10.0 Å². The first-order chi connectivity index (χ1) is 17.7. The Kier molecular flexibility index (Phi) is 12.3. The molecule has 1 aromatic rings. The van der Waals surface area contributed by atoms with Crippen LogP contribution in [0.5, 0.6) is 5.75 Å². The summed E-state index contributed by atoms with van der Waals surface area (Å²) in [6.07, 6.45) is -4.05. The van der Waals surface area contributed by atoms with Crippen LogP contribution in [0.25, 0.3) is 0 Å². The fourth-order valence-electron chi connectivity index (χ4n) is 3.16. The lowest BCUT2D eigenvalue weighted by Crippen LogP contribution is -2.51. The molecular weight excluding hydrogens is 597 g/mol. The topological polar surface area (TPSA) is 182 Å². The molecule has 3 atom stereocenters. The average molecular weight is 621 g/mol. The van der Waals surface area contributed by atoms with Gasteiger partial charge in [-0.25, -0.2) is 9.59 Å². The van der Waals surface area contributed by atoms with Gasteiger partial charge in [-0.15, -0.1) is 23.2 Å². The molecule has 1 aliphatic carbocycles. The highest BCUT2D eigenvalue weighted by molar-refractivity contribution is 9.10. The van der Waals surface area contributed by atoms with Gasteiger partial charge in [0.1, 0.15) is 11.9 Å². The van der Waals surface area contributed by atoms with Gasteiger partial charge in [0.15, 0.2) is 12.2 Å². The van der Waals surface area contributed by atoms with Crippen molar-refractivity contribution in [2.45, 2.75) is 24.7 Å². The minimum Gasteiger partial charge on any atom is -0.481 e. The molecule has 4 amide bonds. The number of benzene rings is 1. The molecule has 0 heterocycles. The molecule has 15 heteroatoms. The molecule has 3 unspecified atom stereocenters. The molecule has 1 aromatic carbocycles. The Morgan fingerprint density at radius 2 is 1.73 bits per heavy atom. The van der Waals surface area contributed by atoms with E-state index in [9.17, 15) is 19.2 Å². The van der Waals surface area contributed by atoms with Gasteiger partial charge in [-0.2, -0.15) is 5.26 Å². The number of halogens is 3. The summed E-state index contributed by atoms with van der Waals surface area (Å²) in [4.78, 5) is 48.6. The van der Waals surface area contributed by atoms with Crippen LogP contribution < -0.4 is 26.4 Å². The molecular formula is C22H24BrCl2N5O7. The minimum absolute atomic E-state index is 0.0900. The number of nitrogens with zero attached hydrogens (tertiary/aromatic N) is 1. The molecule has 0 fully saturated rings. The summed E-state index contributed by atoms with van der Waals surface area (Å²) in [7, 11) is 0. The summed E-state index contributed by atoms with van der Waals surface area (Å²) in [5, 5.41) is 16.4. The van der Waals surface area contributed by atoms with Crippen LogP contribution in [-0.2, 0) is 19.1 Å². The van der Waals surface area contributed by atoms with Gasteiger partial charge in [-0.05, 0) is 40.2 Å². The number of amides is 4. The second kappa shape index (κ2) is 15.1. The van der Waals surface area contributed by atoms with Gasteiger partial charge in [-0.3, -0.25) is 9.59 Å². The summed E-state index contributed by atoms with van der Waals surface area (Å²) in [6, 6.07) is 6.52. The van der Waals surface area contributed by atoms with Crippen molar-refractivity contribution in [1.82, 2.24) is 16.0 Å². The third-order valence-corrected chi connectivity index (χ3v) is 5.74. The van der Waals surface area contributed by atoms with E-state index in [2.05, 4.69) is 31.9 Å². The van der Waals surface area contributed by atoms with E-state index in [4.69, 9.17) is 48.4 Å². The summed E-state index contributed by atoms with van der Waals surface area (Å²) in [6.45, 7) is -0.210. The van der Waals surface area contributed by atoms with Crippen LogP contribution in [0.4, 0.5) is 9.59 Å². The van der Waals surface area contributed by atoms with E-state index in [1.54, 1.807) is 0 Å². The second-order valence-corrected chi connectivity index (χ2v) is 9.04. The first-order valence-corrected chi connectivity index (χ1v) is 12.7. The molecule has 0 aromatic heterocycles. The smallest absolute Gasteiger partial charge is 0.407 e. The summed E-state index contributed by atoms with van der Waals surface area (Å²) in [5.41, 5.74) is 5.56. The predicted octanol–water partition coefficient (Wildman–Crippen LogP) is 1.67. The molecule has 0 radical (unpaired) electrons. The third-order valence-electron chi connectivity index (χ3n) is 4.74. The predicted molar refractivity (Wildman–Crippen MR) is 136 cm³/mol. The van der Waals surface area contributed by atoms with Gasteiger partial charge < -0.3 is 35.9 Å². The number of nitrogens with two attached hydrogens (primary N) is 1. The van der Waals surface area contributed by atoms with Gasteiger partial charge in [0.05, 0.1) is 22.7 Å². The van der Waals surface area contributed by atoms with Crippen molar-refractivity contribution in [2.24, 2.45) is 5.73 Å². The van der Waals surface area contributed by atoms with Gasteiger partial charge in [0.2, 0.25) is 11.8 Å². The van der Waals surface area contributed by atoms with Crippen molar-refractivity contribution in [1.29, 1.82) is 5.26 Å². The standard InChI is InChI=1S/C22H24BrCl2N5O7/c23-14-7-12(10-26)1-2-15(14)35-16-8-13(20(32)30-11-18(27)31)9-17(36-21(33)28-5-3-24)19(16)37-22(34)29-6-4-25/h1-2,7-8,16-17,19H,3-6,9,11H2,(H2,27,31)(H,28,33)(H,29,34)(H,30,32). The highest BCUT2D eigenvalue weighted by Gasteiger charge is 2.42. The lowest BCUT2D eigenvalue weighted by molar-refractivity contribution is -0.123. The average Bonchev–Trinajstić information content (AvgIpc) is 2.87. The monoisotopic (exact) mass is 619 g/mol. The lowest BCUT2D eigenvalue weighted by Gasteiger charge is -2.35. The Morgan fingerprint density at radius 1 is 1.08 bits per heavy atom. The van der Waals surface area contributed by atoms with Crippen LogP contribution in [0.2, 0.25) is 0 Å². The van der Waals surface area contributed by atoms with E-state index in [1.807, 2.05) is 6.07 Å². The molecule has 0 saturated carbocycles. The molecule has 37 heavy (non-hydrogen) atoms. The van der Waals surface area contributed by atoms with E-state index >= 15 is 0 Å². The Bertz CT molecular complexity index is 1080. The van der Waals surface area contributed by atoms with E-state index in [1.165, 1.54) is 24.3 Å². The molecule has 0 aliphatic heterocycles. The Balaban J connectivity index is 2.44. The Labute approximate surface area is 230 Å². The third kappa shape index (κ3) is 9.64. The van der Waals surface area contributed by atoms with Gasteiger partial charge >= 0.3 is 12.2 Å². The zero-order valence-electron chi connectivity index (χ0n) is 19.3. The molecule has 2 rings (SSSR count). The van der Waals surface area contributed by atoms with Crippen LogP contribution in [0, 0.1) is 11.3 Å². The number of hydrogen-bond acceptors (Lipinski definition) is 8. The van der Waals surface area contributed by atoms with Gasteiger partial charge in [0, 0.05) is 36.8 Å². The number of hydrogen-bond donors (Lipinski definition) is 4. The van der Waals surface area contributed by atoms with Crippen LogP contribution in [0.1, 0.15) is 12.0 Å². The number of nitrogens with one attached hydrogen (secondary N) is 3. The van der Waals surface area contributed by atoms with Crippen LogP contribution in [-0.4, -0.2) is 73.7 Å². The maximum absolute atomic E-state index is 12.7. The Hall–Kier alpha value is -3.21. The molecule has 0 bridgehead atoms. The lowest BCUT2D eigenvalue weighted by atomic mass is 9.91. The van der Waals surface area contributed by atoms with Crippen molar-refractivity contribution in [2.75, 3.05) is 31.4 Å². The number of primary amides is 1. The van der Waals surface area contributed by atoms with Crippen LogP contribution in [0.3, 0.4) is 0 Å². The van der Waals surface area contributed by atoms with E-state index < -0.39 is 48.9 Å². The minimum atomic E-state index is -1.22. The van der Waals surface area contributed by atoms with Crippen molar-refractivity contribution in [3.8, 4) is 11.8 Å². The zero-order valence-corrected chi connectivity index (χ0v) is 22.4. The van der Waals surface area contributed by atoms with Gasteiger partial charge in [0.25, 0.3) is 0 Å². The molecule has 1 aliphatic rings. The Morgan fingerprint density at radius 3 is 2.30 bits per heavy atom. The van der Waals surface area contributed by atoms with Crippen LogP contribution >= 0.6 is 39.1 Å². The zero-order chi connectivity index (χ0) is 27.4. The van der Waals surface area contributed by atoms with Crippen molar-refractivity contribution in [3.05, 3.63) is 39.9 Å². The fraction of sp³-hybridized carbons (Fsp3) is 0.409. The van der Waals surface area contributed by atoms with E-state index in [-0.39, 0.29) is 42.6 Å². The maximum Gasteiger partial charge on any atom is 0.407 e. The first kappa shape index (κ1) is 30.0. The second-order valence-electron chi connectivity index (χ2n) is 7.43. The SMILES string of the molecule is N#Cc1ccc(OC2C=C(C(=O)NCC(N)=O)CC(OC(=O)NCCCl)C2OC(=O)NCCCl)c(Br)c1. The van der Waals surface area contributed by atoms with Gasteiger partial charge in [-0.1, -0.05) is 0 Å². The van der Waals surface area contributed by atoms with E-state index in [0.717, 1.165) is 0 Å². The maximum atomic E-state index is 12.7. The molecule has 12 nitrogen and oxygen atoms in total. The normalized spacial score (nSPS) is 18.4. The highest BCUT2D eigenvalue weighted by atomic mass is 79.9.